The zero-order valence-corrected chi connectivity index (χ0v) is 18.5. The number of carbonyl (C=O) groups excluding carboxylic acids is 2. The molecule has 0 aliphatic heterocycles. The number of methoxy groups -OCH3 is 1. The van der Waals surface area contributed by atoms with Crippen molar-refractivity contribution < 1.29 is 14.3 Å². The molecule has 160 valence electrons. The third kappa shape index (κ3) is 6.44. The van der Waals surface area contributed by atoms with E-state index in [0.29, 0.717) is 11.4 Å². The predicted molar refractivity (Wildman–Crippen MR) is 121 cm³/mol. The van der Waals surface area contributed by atoms with Gasteiger partial charge in [-0.25, -0.2) is 5.43 Å². The van der Waals surface area contributed by atoms with E-state index in [1.54, 1.807) is 37.6 Å². The second-order valence-electron chi connectivity index (χ2n) is 8.55. The van der Waals surface area contributed by atoms with Gasteiger partial charge in [0, 0.05) is 5.69 Å². The molecular weight excluding hydrogens is 378 g/mol. The highest BCUT2D eigenvalue weighted by Crippen LogP contribution is 2.22. The van der Waals surface area contributed by atoms with E-state index in [1.165, 1.54) is 5.56 Å². The Kier molecular flexibility index (Phi) is 7.75. The van der Waals surface area contributed by atoms with E-state index in [4.69, 9.17) is 4.74 Å². The molecule has 0 bridgehead atoms. The van der Waals surface area contributed by atoms with E-state index >= 15 is 0 Å². The second kappa shape index (κ2) is 10.1. The number of nitrogens with zero attached hydrogens (tertiary/aromatic N) is 1. The Morgan fingerprint density at radius 3 is 2.07 bits per heavy atom. The van der Waals surface area contributed by atoms with Gasteiger partial charge < -0.3 is 10.1 Å². The summed E-state index contributed by atoms with van der Waals surface area (Å²) in [5.74, 6) is -1.19. The number of hydrogen-bond acceptors (Lipinski definition) is 4. The van der Waals surface area contributed by atoms with E-state index in [-0.39, 0.29) is 17.2 Å². The smallest absolute Gasteiger partial charge is 0.252 e. The van der Waals surface area contributed by atoms with Crippen molar-refractivity contribution in [2.75, 3.05) is 12.4 Å². The highest BCUT2D eigenvalue weighted by molar-refractivity contribution is 6.06. The molecule has 0 saturated heterocycles. The molecule has 0 saturated carbocycles. The minimum Gasteiger partial charge on any atom is -0.497 e. The summed E-state index contributed by atoms with van der Waals surface area (Å²) in [5.41, 5.74) is 5.25. The molecule has 0 aliphatic carbocycles. The van der Waals surface area contributed by atoms with Gasteiger partial charge in [-0.2, -0.15) is 5.10 Å². The Balaban J connectivity index is 2.00. The van der Waals surface area contributed by atoms with Gasteiger partial charge in [0.25, 0.3) is 5.91 Å². The van der Waals surface area contributed by atoms with Crippen LogP contribution in [0.15, 0.2) is 53.6 Å². The van der Waals surface area contributed by atoms with Gasteiger partial charge in [-0.05, 0) is 46.7 Å². The molecule has 0 aliphatic rings. The summed E-state index contributed by atoms with van der Waals surface area (Å²) < 4.78 is 5.11. The van der Waals surface area contributed by atoms with Crippen LogP contribution in [0.4, 0.5) is 5.69 Å². The molecule has 0 fully saturated rings. The van der Waals surface area contributed by atoms with Crippen molar-refractivity contribution >= 4 is 23.7 Å². The standard InChI is InChI=1S/C24H31N3O3/c1-16(2)21(22(28)26-19-11-13-20(30-6)14-12-19)23(29)27-25-15-17-7-9-18(10-8-17)24(3,4)5/h7-16,21H,1-6H3,(H,26,28)(H,27,29). The quantitative estimate of drug-likeness (QED) is 0.405. The van der Waals surface area contributed by atoms with Crippen LogP contribution in [0.2, 0.25) is 0 Å². The van der Waals surface area contributed by atoms with Crippen LogP contribution in [0.3, 0.4) is 0 Å². The molecule has 2 N–H and O–H groups in total. The van der Waals surface area contributed by atoms with Gasteiger partial charge in [0.05, 0.1) is 13.3 Å². The monoisotopic (exact) mass is 409 g/mol. The van der Waals surface area contributed by atoms with Crippen molar-refractivity contribution in [2.45, 2.75) is 40.0 Å². The van der Waals surface area contributed by atoms with Crippen LogP contribution in [0, 0.1) is 11.8 Å². The van der Waals surface area contributed by atoms with Crippen molar-refractivity contribution in [3.05, 3.63) is 59.7 Å². The molecule has 2 amide bonds. The molecule has 1 atom stereocenters. The normalized spacial score (nSPS) is 12.6. The maximum Gasteiger partial charge on any atom is 0.252 e. The fourth-order valence-corrected chi connectivity index (χ4v) is 2.93. The van der Waals surface area contributed by atoms with E-state index in [1.807, 2.05) is 38.1 Å². The Bertz CT molecular complexity index is 879. The van der Waals surface area contributed by atoms with Gasteiger partial charge in [0.1, 0.15) is 11.7 Å². The number of hydrazone groups is 1. The number of benzene rings is 2. The summed E-state index contributed by atoms with van der Waals surface area (Å²) in [7, 11) is 1.58. The van der Waals surface area contributed by atoms with Crippen LogP contribution in [0.5, 0.6) is 5.75 Å². The number of rotatable bonds is 7. The van der Waals surface area contributed by atoms with Gasteiger partial charge in [-0.3, -0.25) is 9.59 Å². The summed E-state index contributed by atoms with van der Waals surface area (Å²) in [6.07, 6.45) is 1.57. The second-order valence-corrected chi connectivity index (χ2v) is 8.55. The summed E-state index contributed by atoms with van der Waals surface area (Å²) in [6, 6.07) is 14.9. The average molecular weight is 410 g/mol. The van der Waals surface area contributed by atoms with E-state index < -0.39 is 11.8 Å². The third-order valence-corrected chi connectivity index (χ3v) is 4.75. The van der Waals surface area contributed by atoms with Crippen LogP contribution in [0.1, 0.15) is 45.7 Å². The minimum atomic E-state index is -0.868. The molecule has 2 aromatic carbocycles. The summed E-state index contributed by atoms with van der Waals surface area (Å²) in [6.45, 7) is 10.1. The van der Waals surface area contributed by atoms with Crippen LogP contribution in [-0.4, -0.2) is 25.1 Å². The molecule has 0 heterocycles. The van der Waals surface area contributed by atoms with Crippen LogP contribution >= 0.6 is 0 Å². The van der Waals surface area contributed by atoms with Gasteiger partial charge in [-0.15, -0.1) is 0 Å². The topological polar surface area (TPSA) is 79.8 Å². The third-order valence-electron chi connectivity index (χ3n) is 4.75. The molecule has 30 heavy (non-hydrogen) atoms. The Morgan fingerprint density at radius 1 is 0.967 bits per heavy atom. The van der Waals surface area contributed by atoms with Gasteiger partial charge in [-0.1, -0.05) is 58.9 Å². The van der Waals surface area contributed by atoms with Crippen LogP contribution < -0.4 is 15.5 Å². The maximum atomic E-state index is 12.7. The first-order chi connectivity index (χ1) is 14.1. The maximum absolute atomic E-state index is 12.7. The van der Waals surface area contributed by atoms with E-state index in [2.05, 4.69) is 36.6 Å². The molecule has 6 nitrogen and oxygen atoms in total. The lowest BCUT2D eigenvalue weighted by Gasteiger charge is -2.19. The summed E-state index contributed by atoms with van der Waals surface area (Å²) >= 11 is 0. The minimum absolute atomic E-state index is 0.0750. The van der Waals surface area contributed by atoms with Gasteiger partial charge >= 0.3 is 0 Å². The number of amides is 2. The number of anilines is 1. The number of hydrogen-bond donors (Lipinski definition) is 2. The Hall–Kier alpha value is -3.15. The van der Waals surface area contributed by atoms with Crippen molar-refractivity contribution in [2.24, 2.45) is 16.9 Å². The predicted octanol–water partition coefficient (Wildman–Crippen LogP) is 4.35. The number of nitrogens with one attached hydrogen (secondary N) is 2. The van der Waals surface area contributed by atoms with Crippen LogP contribution in [-0.2, 0) is 15.0 Å². The lowest BCUT2D eigenvalue weighted by Crippen LogP contribution is -2.39. The zero-order chi connectivity index (χ0) is 22.3. The van der Waals surface area contributed by atoms with Crippen molar-refractivity contribution in [3.63, 3.8) is 0 Å². The SMILES string of the molecule is COc1ccc(NC(=O)C(C(=O)NN=Cc2ccc(C(C)(C)C)cc2)C(C)C)cc1. The Labute approximate surface area is 178 Å². The largest absolute Gasteiger partial charge is 0.497 e. The summed E-state index contributed by atoms with van der Waals surface area (Å²) in [4.78, 5) is 25.2. The van der Waals surface area contributed by atoms with Crippen molar-refractivity contribution in [1.82, 2.24) is 5.43 Å². The lowest BCUT2D eigenvalue weighted by molar-refractivity contribution is -0.134. The van der Waals surface area contributed by atoms with Gasteiger partial charge in [0.15, 0.2) is 0 Å². The number of carbonyl (C=O) groups is 2. The molecule has 0 spiro atoms. The molecule has 2 aromatic rings. The first-order valence-electron chi connectivity index (χ1n) is 10.00. The number of ether oxygens (including phenoxy) is 1. The summed E-state index contributed by atoms with van der Waals surface area (Å²) in [5, 5.41) is 6.80. The molecule has 2 rings (SSSR count). The highest BCUT2D eigenvalue weighted by Gasteiger charge is 2.30. The lowest BCUT2D eigenvalue weighted by atomic mass is 9.87. The molecule has 0 aromatic heterocycles. The molecule has 1 unspecified atom stereocenters. The van der Waals surface area contributed by atoms with Crippen molar-refractivity contribution in [3.8, 4) is 5.75 Å². The molecular formula is C24H31N3O3. The Morgan fingerprint density at radius 2 is 1.57 bits per heavy atom. The molecule has 0 radical (unpaired) electrons. The van der Waals surface area contributed by atoms with Crippen molar-refractivity contribution in [1.29, 1.82) is 0 Å². The van der Waals surface area contributed by atoms with Crippen LogP contribution in [0.25, 0.3) is 0 Å². The fourth-order valence-electron chi connectivity index (χ4n) is 2.93. The highest BCUT2D eigenvalue weighted by atomic mass is 16.5. The zero-order valence-electron chi connectivity index (χ0n) is 18.5. The van der Waals surface area contributed by atoms with Gasteiger partial charge in [0.2, 0.25) is 5.91 Å². The average Bonchev–Trinajstić information content (AvgIpc) is 2.68. The van der Waals surface area contributed by atoms with E-state index in [0.717, 1.165) is 5.56 Å². The molecule has 6 heteroatoms. The first kappa shape index (κ1) is 23.1. The fraction of sp³-hybridized carbons (Fsp3) is 0.375. The van der Waals surface area contributed by atoms with E-state index in [9.17, 15) is 9.59 Å². The first-order valence-corrected chi connectivity index (χ1v) is 10.00.